The van der Waals surface area contributed by atoms with Crippen molar-refractivity contribution in [2.24, 2.45) is 35.5 Å². The number of hydrogen-bond acceptors (Lipinski definition) is 0. The van der Waals surface area contributed by atoms with Crippen LogP contribution in [0.25, 0.3) is 0 Å². The third-order valence-corrected chi connectivity index (χ3v) is 4.45. The molecule has 0 radical (unpaired) electrons. The van der Waals surface area contributed by atoms with Crippen LogP contribution in [0.4, 0.5) is 0 Å². The van der Waals surface area contributed by atoms with Crippen molar-refractivity contribution in [2.45, 2.75) is 60.8 Å². The van der Waals surface area contributed by atoms with Crippen LogP contribution in [0.3, 0.4) is 0 Å². The molecule has 0 heterocycles. The van der Waals surface area contributed by atoms with Crippen molar-refractivity contribution >= 4 is 0 Å². The average molecular weight is 210 g/mol. The normalized spacial score (nSPS) is 21.4. The van der Waals surface area contributed by atoms with Gasteiger partial charge in [-0.25, -0.2) is 0 Å². The van der Waals surface area contributed by atoms with Crippen LogP contribution in [0.2, 0.25) is 0 Å². The van der Waals surface area contributed by atoms with Gasteiger partial charge in [-0.15, -0.1) is 0 Å². The van der Waals surface area contributed by atoms with Gasteiger partial charge >= 0.3 is 0 Å². The zero-order valence-corrected chi connectivity index (χ0v) is 11.6. The van der Waals surface area contributed by atoms with E-state index in [9.17, 15) is 0 Å². The molecule has 0 aromatic carbocycles. The Balaban J connectivity index is 2.48. The first-order chi connectivity index (χ1) is 6.93. The van der Waals surface area contributed by atoms with Crippen molar-refractivity contribution in [3.05, 3.63) is 0 Å². The second kappa shape index (κ2) is 5.37. The molecular formula is C15H30. The second-order valence-electron chi connectivity index (χ2n) is 6.58. The van der Waals surface area contributed by atoms with E-state index < -0.39 is 0 Å². The molecule has 1 fully saturated rings. The second-order valence-corrected chi connectivity index (χ2v) is 6.58. The van der Waals surface area contributed by atoms with E-state index in [1.807, 2.05) is 0 Å². The van der Waals surface area contributed by atoms with E-state index in [1.54, 1.807) is 0 Å². The van der Waals surface area contributed by atoms with Crippen molar-refractivity contribution in [1.29, 1.82) is 0 Å². The summed E-state index contributed by atoms with van der Waals surface area (Å²) in [5.74, 6) is 5.47. The van der Waals surface area contributed by atoms with Gasteiger partial charge in [0.1, 0.15) is 0 Å². The molecule has 0 aliphatic heterocycles. The molecular weight excluding hydrogens is 180 g/mol. The maximum atomic E-state index is 2.48. The van der Waals surface area contributed by atoms with Crippen LogP contribution in [0.5, 0.6) is 0 Å². The molecule has 2 atom stereocenters. The summed E-state index contributed by atoms with van der Waals surface area (Å²) in [6, 6.07) is 0. The minimum atomic E-state index is 0.835. The molecule has 0 heteroatoms. The first-order valence-corrected chi connectivity index (χ1v) is 6.93. The van der Waals surface area contributed by atoms with E-state index in [1.165, 1.54) is 19.3 Å². The molecule has 1 saturated carbocycles. The zero-order chi connectivity index (χ0) is 11.6. The molecule has 0 aromatic heterocycles. The van der Waals surface area contributed by atoms with Crippen LogP contribution in [-0.4, -0.2) is 0 Å². The Bertz CT molecular complexity index is 168. The quantitative estimate of drug-likeness (QED) is 0.579. The van der Waals surface area contributed by atoms with Gasteiger partial charge in [0, 0.05) is 0 Å². The highest BCUT2D eigenvalue weighted by molar-refractivity contribution is 4.81. The SMILES string of the molecule is CC(C)C(C(C)C)C(C)C(C)CC1CC1. The fourth-order valence-electron chi connectivity index (χ4n) is 3.46. The molecule has 0 N–H and O–H groups in total. The van der Waals surface area contributed by atoms with Gasteiger partial charge in [0.15, 0.2) is 0 Å². The lowest BCUT2D eigenvalue weighted by atomic mass is 9.71. The Morgan fingerprint density at radius 2 is 1.33 bits per heavy atom. The summed E-state index contributed by atoms with van der Waals surface area (Å²) in [4.78, 5) is 0. The standard InChI is InChI=1S/C15H30/c1-10(2)15(11(3)4)13(6)12(5)9-14-7-8-14/h10-15H,7-9H2,1-6H3. The smallest absolute Gasteiger partial charge is 0.0340 e. The van der Waals surface area contributed by atoms with E-state index >= 15 is 0 Å². The maximum absolute atomic E-state index is 2.48. The summed E-state index contributed by atoms with van der Waals surface area (Å²) in [5.41, 5.74) is 0. The number of hydrogen-bond donors (Lipinski definition) is 0. The summed E-state index contributed by atoms with van der Waals surface area (Å²) in [7, 11) is 0. The number of rotatable bonds is 6. The van der Waals surface area contributed by atoms with Crippen LogP contribution >= 0.6 is 0 Å². The van der Waals surface area contributed by atoms with Crippen LogP contribution in [-0.2, 0) is 0 Å². The van der Waals surface area contributed by atoms with Crippen molar-refractivity contribution in [3.8, 4) is 0 Å². The highest BCUT2D eigenvalue weighted by Crippen LogP contribution is 2.41. The third kappa shape index (κ3) is 3.81. The van der Waals surface area contributed by atoms with Crippen LogP contribution in [0.15, 0.2) is 0 Å². The molecule has 1 rings (SSSR count). The largest absolute Gasteiger partial charge is 0.0625 e. The summed E-state index contributed by atoms with van der Waals surface area (Å²) < 4.78 is 0. The lowest BCUT2D eigenvalue weighted by Crippen LogP contribution is -2.28. The van der Waals surface area contributed by atoms with Gasteiger partial charge in [0.2, 0.25) is 0 Å². The molecule has 0 amide bonds. The fraction of sp³-hybridized carbons (Fsp3) is 1.00. The first kappa shape index (κ1) is 13.1. The summed E-state index contributed by atoms with van der Waals surface area (Å²) >= 11 is 0. The van der Waals surface area contributed by atoms with Gasteiger partial charge in [-0.05, 0) is 41.9 Å². The lowest BCUT2D eigenvalue weighted by molar-refractivity contribution is 0.143. The highest BCUT2D eigenvalue weighted by Gasteiger charge is 2.31. The van der Waals surface area contributed by atoms with Crippen molar-refractivity contribution in [1.82, 2.24) is 0 Å². The Morgan fingerprint density at radius 3 is 1.67 bits per heavy atom. The van der Waals surface area contributed by atoms with Crippen LogP contribution in [0, 0.1) is 35.5 Å². The van der Waals surface area contributed by atoms with Gasteiger partial charge in [0.05, 0.1) is 0 Å². The topological polar surface area (TPSA) is 0 Å². The van der Waals surface area contributed by atoms with Crippen LogP contribution in [0.1, 0.15) is 60.8 Å². The molecule has 0 saturated heterocycles. The highest BCUT2D eigenvalue weighted by atomic mass is 14.4. The summed E-state index contributed by atoms with van der Waals surface area (Å²) in [6.07, 6.45) is 4.49. The van der Waals surface area contributed by atoms with E-state index in [0.717, 1.165) is 35.5 Å². The van der Waals surface area contributed by atoms with E-state index in [-0.39, 0.29) is 0 Å². The predicted molar refractivity (Wildman–Crippen MR) is 68.8 cm³/mol. The fourth-order valence-corrected chi connectivity index (χ4v) is 3.46. The zero-order valence-electron chi connectivity index (χ0n) is 11.6. The Hall–Kier alpha value is 0. The minimum absolute atomic E-state index is 0.835. The molecule has 90 valence electrons. The molecule has 0 aromatic rings. The van der Waals surface area contributed by atoms with Gasteiger partial charge < -0.3 is 0 Å². The minimum Gasteiger partial charge on any atom is -0.0625 e. The van der Waals surface area contributed by atoms with Gasteiger partial charge in [0.25, 0.3) is 0 Å². The van der Waals surface area contributed by atoms with Crippen molar-refractivity contribution in [2.75, 3.05) is 0 Å². The lowest BCUT2D eigenvalue weighted by Gasteiger charge is -2.35. The molecule has 1 aliphatic carbocycles. The Labute approximate surface area is 96.8 Å². The molecule has 15 heavy (non-hydrogen) atoms. The summed E-state index contributed by atoms with van der Waals surface area (Å²) in [6.45, 7) is 14.5. The average Bonchev–Trinajstić information content (AvgIpc) is 2.86. The van der Waals surface area contributed by atoms with E-state index in [4.69, 9.17) is 0 Å². The van der Waals surface area contributed by atoms with Crippen molar-refractivity contribution in [3.63, 3.8) is 0 Å². The third-order valence-electron chi connectivity index (χ3n) is 4.45. The Morgan fingerprint density at radius 1 is 0.867 bits per heavy atom. The first-order valence-electron chi connectivity index (χ1n) is 6.93. The Kier molecular flexibility index (Phi) is 4.67. The van der Waals surface area contributed by atoms with E-state index in [2.05, 4.69) is 41.5 Å². The van der Waals surface area contributed by atoms with Crippen LogP contribution < -0.4 is 0 Å². The predicted octanol–water partition coefficient (Wildman–Crippen LogP) is 4.99. The maximum Gasteiger partial charge on any atom is -0.0340 e. The molecule has 0 spiro atoms. The van der Waals surface area contributed by atoms with Crippen molar-refractivity contribution < 1.29 is 0 Å². The summed E-state index contributed by atoms with van der Waals surface area (Å²) in [5, 5.41) is 0. The monoisotopic (exact) mass is 210 g/mol. The van der Waals surface area contributed by atoms with Gasteiger partial charge in [-0.1, -0.05) is 54.4 Å². The van der Waals surface area contributed by atoms with Gasteiger partial charge in [-0.3, -0.25) is 0 Å². The molecule has 2 unspecified atom stereocenters. The molecule has 0 bridgehead atoms. The molecule has 0 nitrogen and oxygen atoms in total. The van der Waals surface area contributed by atoms with E-state index in [0.29, 0.717) is 0 Å². The van der Waals surface area contributed by atoms with Gasteiger partial charge in [-0.2, -0.15) is 0 Å². The molecule has 1 aliphatic rings.